The maximum Gasteiger partial charge on any atom is 0.306 e. The normalized spacial score (nSPS) is 40.3. The van der Waals surface area contributed by atoms with Gasteiger partial charge in [-0.2, -0.15) is 0 Å². The van der Waals surface area contributed by atoms with Gasteiger partial charge in [-0.3, -0.25) is 9.59 Å². The fourth-order valence-corrected chi connectivity index (χ4v) is 9.92. The summed E-state index contributed by atoms with van der Waals surface area (Å²) in [5, 5.41) is 2.10. The molecule has 188 valence electrons. The number of rotatable bonds is 6. The molecule has 3 saturated carbocycles. The van der Waals surface area contributed by atoms with Crippen LogP contribution in [0.1, 0.15) is 89.9 Å². The van der Waals surface area contributed by atoms with Crippen LogP contribution in [0.5, 0.6) is 0 Å². The fourth-order valence-electron chi connectivity index (χ4n) is 9.17. The van der Waals surface area contributed by atoms with Gasteiger partial charge in [-0.1, -0.05) is 19.9 Å². The molecule has 2 unspecified atom stereocenters. The quantitative estimate of drug-likeness (QED) is 0.433. The summed E-state index contributed by atoms with van der Waals surface area (Å²) in [7, 11) is 2.04. The van der Waals surface area contributed by atoms with Crippen LogP contribution < -0.4 is 0 Å². The number of hydrogen-bond donors (Lipinski definition) is 0. The molecule has 1 amide bonds. The molecule has 0 N–H and O–H groups in total. The Bertz CT molecular complexity index is 899. The van der Waals surface area contributed by atoms with E-state index in [0.29, 0.717) is 24.3 Å². The van der Waals surface area contributed by atoms with Crippen LogP contribution >= 0.6 is 11.3 Å². The number of piperidine rings is 1. The highest BCUT2D eigenvalue weighted by Crippen LogP contribution is 2.66. The van der Waals surface area contributed by atoms with Gasteiger partial charge < -0.3 is 9.64 Å². The molecule has 3 aliphatic carbocycles. The van der Waals surface area contributed by atoms with E-state index in [4.69, 9.17) is 4.74 Å². The Kier molecular flexibility index (Phi) is 6.63. The standard InChI is InChI=1S/C29H43NO3S/c1-19(33-27(32)9-5-7-20-8-6-18-34-20)22-11-12-23-21-10-13-25-29(3,17-15-26(31)30(25)4)24(21)14-16-28(22,23)2/h6,8,18-19,21-25H,5,7,9-17H2,1-4H3/t19?,21-,22+,23-,24-,25?,28+,29+/m0/s1. The van der Waals surface area contributed by atoms with Crippen molar-refractivity contribution in [1.29, 1.82) is 0 Å². The van der Waals surface area contributed by atoms with Crippen molar-refractivity contribution in [1.82, 2.24) is 4.90 Å². The smallest absolute Gasteiger partial charge is 0.306 e. The molecule has 1 aromatic rings. The number of carbonyl (C=O) groups excluding carboxylic acids is 2. The first-order chi connectivity index (χ1) is 16.2. The highest BCUT2D eigenvalue weighted by Gasteiger charge is 2.61. The number of esters is 1. The zero-order valence-electron chi connectivity index (χ0n) is 21.6. The van der Waals surface area contributed by atoms with E-state index in [-0.39, 0.29) is 22.9 Å². The van der Waals surface area contributed by atoms with E-state index in [0.717, 1.165) is 49.9 Å². The number of likely N-dealkylation sites (tertiary alicyclic amines) is 1. The van der Waals surface area contributed by atoms with Gasteiger partial charge in [0, 0.05) is 36.7 Å². The van der Waals surface area contributed by atoms with Crippen LogP contribution in [0.2, 0.25) is 0 Å². The number of carbonyl (C=O) groups is 2. The maximum absolute atomic E-state index is 12.6. The summed E-state index contributed by atoms with van der Waals surface area (Å²) in [4.78, 5) is 28.5. The summed E-state index contributed by atoms with van der Waals surface area (Å²) in [5.41, 5.74) is 0.545. The Morgan fingerprint density at radius 2 is 1.94 bits per heavy atom. The predicted molar refractivity (Wildman–Crippen MR) is 136 cm³/mol. The Labute approximate surface area is 209 Å². The zero-order chi connectivity index (χ0) is 24.1. The van der Waals surface area contributed by atoms with Crippen LogP contribution in [0.25, 0.3) is 0 Å². The molecule has 1 aliphatic heterocycles. The van der Waals surface area contributed by atoms with Crippen molar-refractivity contribution in [2.45, 2.75) is 104 Å². The number of amides is 1. The Balaban J connectivity index is 1.22. The molecule has 0 spiro atoms. The van der Waals surface area contributed by atoms with Gasteiger partial charge in [0.2, 0.25) is 5.91 Å². The van der Waals surface area contributed by atoms with E-state index in [1.807, 2.05) is 7.05 Å². The van der Waals surface area contributed by atoms with Crippen molar-refractivity contribution in [2.75, 3.05) is 7.05 Å². The first-order valence-corrected chi connectivity index (χ1v) is 14.6. The van der Waals surface area contributed by atoms with Crippen molar-refractivity contribution in [2.24, 2.45) is 34.5 Å². The molecule has 4 nitrogen and oxygen atoms in total. The Morgan fingerprint density at radius 1 is 1.15 bits per heavy atom. The number of nitrogens with zero attached hydrogens (tertiary/aromatic N) is 1. The first kappa shape index (κ1) is 24.3. The van der Waals surface area contributed by atoms with Crippen LogP contribution in [-0.4, -0.2) is 36.0 Å². The summed E-state index contributed by atoms with van der Waals surface area (Å²) < 4.78 is 6.06. The topological polar surface area (TPSA) is 46.6 Å². The van der Waals surface area contributed by atoms with Crippen LogP contribution in [0.3, 0.4) is 0 Å². The molecule has 0 bridgehead atoms. The molecule has 5 rings (SSSR count). The summed E-state index contributed by atoms with van der Waals surface area (Å²) in [6.07, 6.45) is 11.5. The number of thiophene rings is 1. The van der Waals surface area contributed by atoms with Crippen molar-refractivity contribution in [3.8, 4) is 0 Å². The largest absolute Gasteiger partial charge is 0.462 e. The molecule has 4 fully saturated rings. The highest BCUT2D eigenvalue weighted by molar-refractivity contribution is 7.09. The lowest BCUT2D eigenvalue weighted by Crippen LogP contribution is -2.61. The molecule has 5 heteroatoms. The summed E-state index contributed by atoms with van der Waals surface area (Å²) in [6, 6.07) is 4.64. The van der Waals surface area contributed by atoms with Gasteiger partial charge in [-0.15, -0.1) is 11.3 Å². The summed E-state index contributed by atoms with van der Waals surface area (Å²) >= 11 is 1.77. The van der Waals surface area contributed by atoms with Gasteiger partial charge in [0.05, 0.1) is 0 Å². The highest BCUT2D eigenvalue weighted by atomic mass is 32.1. The minimum absolute atomic E-state index is 0.00569. The lowest BCUT2D eigenvalue weighted by Gasteiger charge is -2.62. The van der Waals surface area contributed by atoms with Crippen molar-refractivity contribution in [3.05, 3.63) is 22.4 Å². The maximum atomic E-state index is 12.6. The second-order valence-corrected chi connectivity index (χ2v) is 13.4. The molecule has 0 radical (unpaired) electrons. The van der Waals surface area contributed by atoms with Gasteiger partial charge in [-0.05, 0) is 105 Å². The third-order valence-corrected chi connectivity index (χ3v) is 11.8. The molecule has 4 aliphatic rings. The predicted octanol–water partition coefficient (Wildman–Crippen LogP) is 6.48. The SMILES string of the molecule is CC(OC(=O)CCCc1cccs1)[C@H]1CC[C@H]2[C@@H]3CCC4N(C)C(=O)CC[C@]4(C)[C@H]3CC[C@]12C. The third kappa shape index (κ3) is 4.04. The van der Waals surface area contributed by atoms with Gasteiger partial charge in [-0.25, -0.2) is 0 Å². The molecular weight excluding hydrogens is 442 g/mol. The molecule has 8 atom stereocenters. The summed E-state index contributed by atoms with van der Waals surface area (Å²) in [5.74, 6) is 3.02. The Morgan fingerprint density at radius 3 is 2.71 bits per heavy atom. The van der Waals surface area contributed by atoms with Crippen molar-refractivity contribution in [3.63, 3.8) is 0 Å². The van der Waals surface area contributed by atoms with Crippen molar-refractivity contribution < 1.29 is 14.3 Å². The van der Waals surface area contributed by atoms with E-state index < -0.39 is 0 Å². The van der Waals surface area contributed by atoms with Crippen molar-refractivity contribution >= 4 is 23.2 Å². The molecule has 1 saturated heterocycles. The van der Waals surface area contributed by atoms with E-state index >= 15 is 0 Å². The van der Waals surface area contributed by atoms with Crippen LogP contribution in [0, 0.1) is 34.5 Å². The number of aryl methyl sites for hydroxylation is 1. The van der Waals surface area contributed by atoms with Gasteiger partial charge in [0.15, 0.2) is 0 Å². The molecule has 0 aromatic carbocycles. The number of hydrogen-bond acceptors (Lipinski definition) is 4. The van der Waals surface area contributed by atoms with Crippen LogP contribution in [-0.2, 0) is 20.7 Å². The molecule has 34 heavy (non-hydrogen) atoms. The minimum atomic E-state index is -0.0206. The first-order valence-electron chi connectivity index (χ1n) is 13.7. The minimum Gasteiger partial charge on any atom is -0.462 e. The fraction of sp³-hybridized carbons (Fsp3) is 0.793. The molecule has 1 aromatic heterocycles. The second-order valence-electron chi connectivity index (χ2n) is 12.3. The van der Waals surface area contributed by atoms with Gasteiger partial charge in [0.1, 0.15) is 6.10 Å². The Hall–Kier alpha value is -1.36. The van der Waals surface area contributed by atoms with E-state index in [1.165, 1.54) is 37.0 Å². The lowest BCUT2D eigenvalue weighted by molar-refractivity contribution is -0.164. The number of fused-ring (bicyclic) bond motifs is 5. The summed E-state index contributed by atoms with van der Waals surface area (Å²) in [6.45, 7) is 7.16. The van der Waals surface area contributed by atoms with Gasteiger partial charge >= 0.3 is 5.97 Å². The average molecular weight is 486 g/mol. The second kappa shape index (κ2) is 9.26. The molecule has 2 heterocycles. The zero-order valence-corrected chi connectivity index (χ0v) is 22.4. The van der Waals surface area contributed by atoms with E-state index in [9.17, 15) is 9.59 Å². The third-order valence-electron chi connectivity index (χ3n) is 10.9. The van der Waals surface area contributed by atoms with Crippen LogP contribution in [0.15, 0.2) is 17.5 Å². The van der Waals surface area contributed by atoms with Gasteiger partial charge in [0.25, 0.3) is 0 Å². The lowest BCUT2D eigenvalue weighted by atomic mass is 9.46. The molecular formula is C29H43NO3S. The monoisotopic (exact) mass is 485 g/mol. The van der Waals surface area contributed by atoms with E-state index in [1.54, 1.807) is 11.3 Å². The average Bonchev–Trinajstić information content (AvgIpc) is 3.44. The number of ether oxygens (including phenoxy) is 1. The van der Waals surface area contributed by atoms with E-state index in [2.05, 4.69) is 43.2 Å². The van der Waals surface area contributed by atoms with Crippen LogP contribution in [0.4, 0.5) is 0 Å².